The van der Waals surface area contributed by atoms with Crippen LogP contribution in [0, 0.1) is 5.41 Å². The number of nitrogens with zero attached hydrogens (tertiary/aromatic N) is 1. The van der Waals surface area contributed by atoms with Gasteiger partial charge < -0.3 is 5.11 Å². The van der Waals surface area contributed by atoms with E-state index in [2.05, 4.69) is 11.8 Å². The van der Waals surface area contributed by atoms with Gasteiger partial charge in [-0.2, -0.15) is 0 Å². The van der Waals surface area contributed by atoms with Crippen LogP contribution in [0.3, 0.4) is 0 Å². The van der Waals surface area contributed by atoms with Gasteiger partial charge in [0.25, 0.3) is 0 Å². The average Bonchev–Trinajstić information content (AvgIpc) is 2.17. The van der Waals surface area contributed by atoms with Crippen molar-refractivity contribution in [2.24, 2.45) is 5.41 Å². The molecule has 0 amide bonds. The molecule has 76 valence electrons. The Bertz CT molecular complexity index is 174. The lowest BCUT2D eigenvalue weighted by molar-refractivity contribution is 0.0634. The minimum Gasteiger partial charge on any atom is -0.396 e. The molecule has 0 bridgehead atoms. The van der Waals surface area contributed by atoms with Gasteiger partial charge in [-0.25, -0.2) is 0 Å². The van der Waals surface area contributed by atoms with Gasteiger partial charge in [0.05, 0.1) is 0 Å². The van der Waals surface area contributed by atoms with Crippen molar-refractivity contribution in [2.45, 2.75) is 19.8 Å². The molecule has 0 aromatic carbocycles. The Morgan fingerprint density at radius 1 is 1.46 bits per heavy atom. The summed E-state index contributed by atoms with van der Waals surface area (Å²) >= 11 is 5.46. The van der Waals surface area contributed by atoms with E-state index in [1.54, 1.807) is 5.54 Å². The van der Waals surface area contributed by atoms with Crippen molar-refractivity contribution in [1.82, 2.24) is 4.90 Å². The van der Waals surface area contributed by atoms with Crippen LogP contribution >= 0.6 is 11.6 Å². The summed E-state index contributed by atoms with van der Waals surface area (Å²) in [6, 6.07) is 0. The molecular formula is C10H18ClNO. The van der Waals surface area contributed by atoms with Gasteiger partial charge in [-0.15, -0.1) is 0 Å². The second kappa shape index (κ2) is 4.99. The molecule has 0 aromatic rings. The SMILES string of the molecule is CC1(CO)CCN(C/C=C/Cl)CC1. The maximum absolute atomic E-state index is 9.16. The number of aliphatic hydroxyl groups is 1. The van der Waals surface area contributed by atoms with E-state index in [9.17, 15) is 0 Å². The molecule has 0 spiro atoms. The summed E-state index contributed by atoms with van der Waals surface area (Å²) in [5.41, 5.74) is 1.72. The maximum atomic E-state index is 9.16. The van der Waals surface area contributed by atoms with Crippen LogP contribution < -0.4 is 0 Å². The third-order valence-electron chi connectivity index (χ3n) is 2.90. The zero-order chi connectivity index (χ0) is 9.73. The third kappa shape index (κ3) is 3.29. The fourth-order valence-electron chi connectivity index (χ4n) is 1.62. The number of piperidine rings is 1. The minimum absolute atomic E-state index is 0.154. The van der Waals surface area contributed by atoms with Crippen molar-refractivity contribution in [3.63, 3.8) is 0 Å². The van der Waals surface area contributed by atoms with Crippen LogP contribution in [0.5, 0.6) is 0 Å². The molecule has 1 fully saturated rings. The van der Waals surface area contributed by atoms with Gasteiger partial charge in [0.2, 0.25) is 0 Å². The summed E-state index contributed by atoms with van der Waals surface area (Å²) < 4.78 is 0. The summed E-state index contributed by atoms with van der Waals surface area (Å²) in [5.74, 6) is 0. The Balaban J connectivity index is 2.30. The number of hydrogen-bond acceptors (Lipinski definition) is 2. The molecule has 0 aliphatic carbocycles. The first-order chi connectivity index (χ1) is 6.20. The van der Waals surface area contributed by atoms with Crippen molar-refractivity contribution in [3.8, 4) is 0 Å². The predicted molar refractivity (Wildman–Crippen MR) is 55.9 cm³/mol. The Labute approximate surface area is 85.2 Å². The third-order valence-corrected chi connectivity index (χ3v) is 3.08. The van der Waals surface area contributed by atoms with Gasteiger partial charge in [-0.3, -0.25) is 4.90 Å². The van der Waals surface area contributed by atoms with Crippen LogP contribution in [0.2, 0.25) is 0 Å². The molecule has 0 unspecified atom stereocenters. The highest BCUT2D eigenvalue weighted by atomic mass is 35.5. The zero-order valence-corrected chi connectivity index (χ0v) is 8.93. The topological polar surface area (TPSA) is 23.5 Å². The highest BCUT2D eigenvalue weighted by molar-refractivity contribution is 6.25. The quantitative estimate of drug-likeness (QED) is 0.757. The summed E-state index contributed by atoms with van der Waals surface area (Å²) in [5, 5.41) is 9.16. The first-order valence-corrected chi connectivity index (χ1v) is 5.22. The Kier molecular flexibility index (Phi) is 4.23. The molecule has 0 aromatic heterocycles. The van der Waals surface area contributed by atoms with Crippen LogP contribution in [0.15, 0.2) is 11.6 Å². The highest BCUT2D eigenvalue weighted by Gasteiger charge is 2.28. The smallest absolute Gasteiger partial charge is 0.0485 e. The number of rotatable bonds is 3. The summed E-state index contributed by atoms with van der Waals surface area (Å²) in [6.45, 7) is 5.54. The summed E-state index contributed by atoms with van der Waals surface area (Å²) in [7, 11) is 0. The van der Waals surface area contributed by atoms with Crippen molar-refractivity contribution in [1.29, 1.82) is 0 Å². The molecule has 1 aliphatic heterocycles. The van der Waals surface area contributed by atoms with Crippen molar-refractivity contribution >= 4 is 11.6 Å². The lowest BCUT2D eigenvalue weighted by Gasteiger charge is -2.37. The van der Waals surface area contributed by atoms with E-state index in [0.717, 1.165) is 32.5 Å². The number of hydrogen-bond donors (Lipinski definition) is 1. The zero-order valence-electron chi connectivity index (χ0n) is 8.17. The normalized spacial score (nSPS) is 23.9. The molecule has 0 radical (unpaired) electrons. The number of aliphatic hydroxyl groups excluding tert-OH is 1. The van der Waals surface area contributed by atoms with Gasteiger partial charge in [-0.05, 0) is 31.3 Å². The Morgan fingerprint density at radius 3 is 2.54 bits per heavy atom. The van der Waals surface area contributed by atoms with Crippen LogP contribution in [0.4, 0.5) is 0 Å². The fraction of sp³-hybridized carbons (Fsp3) is 0.800. The van der Waals surface area contributed by atoms with Crippen LogP contribution in [-0.2, 0) is 0 Å². The van der Waals surface area contributed by atoms with E-state index in [1.165, 1.54) is 0 Å². The van der Waals surface area contributed by atoms with E-state index in [1.807, 2.05) is 6.08 Å². The summed E-state index contributed by atoms with van der Waals surface area (Å²) in [6.07, 6.45) is 4.13. The molecule has 3 heteroatoms. The molecule has 1 heterocycles. The second-order valence-corrected chi connectivity index (χ2v) is 4.38. The second-order valence-electron chi connectivity index (χ2n) is 4.13. The largest absolute Gasteiger partial charge is 0.396 e. The van der Waals surface area contributed by atoms with Gasteiger partial charge in [0.15, 0.2) is 0 Å². The van der Waals surface area contributed by atoms with Crippen molar-refractivity contribution < 1.29 is 5.11 Å². The Morgan fingerprint density at radius 2 is 2.08 bits per heavy atom. The molecule has 2 nitrogen and oxygen atoms in total. The predicted octanol–water partition coefficient (Wildman–Crippen LogP) is 1.83. The average molecular weight is 204 g/mol. The van der Waals surface area contributed by atoms with Crippen LogP contribution in [0.1, 0.15) is 19.8 Å². The van der Waals surface area contributed by atoms with E-state index in [-0.39, 0.29) is 5.41 Å². The van der Waals surface area contributed by atoms with E-state index in [4.69, 9.17) is 16.7 Å². The highest BCUT2D eigenvalue weighted by Crippen LogP contribution is 2.29. The molecule has 1 aliphatic rings. The lowest BCUT2D eigenvalue weighted by Crippen LogP contribution is -2.40. The monoisotopic (exact) mass is 203 g/mol. The van der Waals surface area contributed by atoms with Gasteiger partial charge >= 0.3 is 0 Å². The summed E-state index contributed by atoms with van der Waals surface area (Å²) in [4.78, 5) is 2.36. The molecule has 13 heavy (non-hydrogen) atoms. The first-order valence-electron chi connectivity index (χ1n) is 4.79. The van der Waals surface area contributed by atoms with Crippen molar-refractivity contribution in [2.75, 3.05) is 26.2 Å². The molecule has 1 saturated heterocycles. The molecule has 0 saturated carbocycles. The first kappa shape index (κ1) is 11.0. The van der Waals surface area contributed by atoms with Crippen LogP contribution in [-0.4, -0.2) is 36.2 Å². The molecular weight excluding hydrogens is 186 g/mol. The van der Waals surface area contributed by atoms with E-state index >= 15 is 0 Å². The van der Waals surface area contributed by atoms with Gasteiger partial charge in [0, 0.05) is 18.7 Å². The fourth-order valence-corrected chi connectivity index (χ4v) is 1.70. The lowest BCUT2D eigenvalue weighted by atomic mass is 9.81. The van der Waals surface area contributed by atoms with Crippen molar-refractivity contribution in [3.05, 3.63) is 11.6 Å². The number of likely N-dealkylation sites (tertiary alicyclic amines) is 1. The molecule has 0 atom stereocenters. The standard InChI is InChI=1S/C10H18ClNO/c1-10(9-13)3-7-12(8-4-10)6-2-5-11/h2,5,13H,3-4,6-9H2,1H3/b5-2+. The van der Waals surface area contributed by atoms with Crippen LogP contribution in [0.25, 0.3) is 0 Å². The van der Waals surface area contributed by atoms with E-state index < -0.39 is 0 Å². The van der Waals surface area contributed by atoms with E-state index in [0.29, 0.717) is 6.61 Å². The number of halogens is 1. The molecule has 1 N–H and O–H groups in total. The van der Waals surface area contributed by atoms with Gasteiger partial charge in [0.1, 0.15) is 0 Å². The van der Waals surface area contributed by atoms with Gasteiger partial charge in [-0.1, -0.05) is 24.6 Å². The minimum atomic E-state index is 0.154. The molecule has 1 rings (SSSR count). The Hall–Kier alpha value is -0.0500. The maximum Gasteiger partial charge on any atom is 0.0485 e.